The highest BCUT2D eigenvalue weighted by Crippen LogP contribution is 2.28. The molecule has 0 spiro atoms. The standard InChI is InChI=1S/C11H15ClFNO/c1-7(15)4-8(6-14)10-3-2-9(13)5-11(10)12/h2-3,5,7-8,15H,4,6,14H2,1H3. The maximum atomic E-state index is 12.8. The number of aliphatic hydroxyl groups excluding tert-OH is 1. The van der Waals surface area contributed by atoms with Crippen molar-refractivity contribution in [2.24, 2.45) is 5.73 Å². The van der Waals surface area contributed by atoms with Crippen LogP contribution in [0, 0.1) is 5.82 Å². The van der Waals surface area contributed by atoms with Gasteiger partial charge in [0.25, 0.3) is 0 Å². The van der Waals surface area contributed by atoms with Gasteiger partial charge in [-0.2, -0.15) is 0 Å². The lowest BCUT2D eigenvalue weighted by molar-refractivity contribution is 0.175. The summed E-state index contributed by atoms with van der Waals surface area (Å²) in [6.07, 6.45) is 0.0849. The molecule has 0 aliphatic heterocycles. The zero-order valence-corrected chi connectivity index (χ0v) is 9.34. The first-order valence-corrected chi connectivity index (χ1v) is 5.25. The van der Waals surface area contributed by atoms with E-state index in [1.54, 1.807) is 13.0 Å². The Morgan fingerprint density at radius 1 is 1.53 bits per heavy atom. The van der Waals surface area contributed by atoms with E-state index in [4.69, 9.17) is 17.3 Å². The molecule has 84 valence electrons. The zero-order chi connectivity index (χ0) is 11.4. The summed E-state index contributed by atoms with van der Waals surface area (Å²) in [7, 11) is 0. The van der Waals surface area contributed by atoms with Gasteiger partial charge in [-0.25, -0.2) is 4.39 Å². The summed E-state index contributed by atoms with van der Waals surface area (Å²) >= 11 is 5.91. The summed E-state index contributed by atoms with van der Waals surface area (Å²) in [4.78, 5) is 0. The second kappa shape index (κ2) is 5.45. The highest BCUT2D eigenvalue weighted by atomic mass is 35.5. The molecule has 0 saturated heterocycles. The lowest BCUT2D eigenvalue weighted by Gasteiger charge is -2.18. The van der Waals surface area contributed by atoms with Crippen LogP contribution in [0.3, 0.4) is 0 Å². The average molecular weight is 232 g/mol. The second-order valence-corrected chi connectivity index (χ2v) is 4.09. The monoisotopic (exact) mass is 231 g/mol. The van der Waals surface area contributed by atoms with Crippen LogP contribution in [-0.4, -0.2) is 17.8 Å². The number of aliphatic hydroxyl groups is 1. The Balaban J connectivity index is 2.91. The van der Waals surface area contributed by atoms with Crippen LogP contribution in [-0.2, 0) is 0 Å². The Morgan fingerprint density at radius 3 is 2.67 bits per heavy atom. The Kier molecular flexibility index (Phi) is 4.51. The summed E-state index contributed by atoms with van der Waals surface area (Å²) in [6, 6.07) is 4.24. The van der Waals surface area contributed by atoms with E-state index in [9.17, 15) is 9.50 Å². The van der Waals surface area contributed by atoms with E-state index in [1.165, 1.54) is 12.1 Å². The Morgan fingerprint density at radius 2 is 2.20 bits per heavy atom. The third-order valence-electron chi connectivity index (χ3n) is 2.31. The number of rotatable bonds is 4. The zero-order valence-electron chi connectivity index (χ0n) is 8.58. The molecule has 0 radical (unpaired) electrons. The molecular formula is C11H15ClFNO. The molecule has 2 atom stereocenters. The van der Waals surface area contributed by atoms with Crippen LogP contribution in [0.1, 0.15) is 24.8 Å². The van der Waals surface area contributed by atoms with Crippen LogP contribution in [0.5, 0.6) is 0 Å². The molecular weight excluding hydrogens is 217 g/mol. The summed E-state index contributed by atoms with van der Waals surface area (Å²) in [5.41, 5.74) is 6.39. The summed E-state index contributed by atoms with van der Waals surface area (Å²) in [5, 5.41) is 9.65. The molecule has 0 bridgehead atoms. The van der Waals surface area contributed by atoms with Gasteiger partial charge < -0.3 is 10.8 Å². The van der Waals surface area contributed by atoms with Crippen LogP contribution >= 0.6 is 11.6 Å². The highest BCUT2D eigenvalue weighted by Gasteiger charge is 2.15. The van der Waals surface area contributed by atoms with Gasteiger partial charge in [0.15, 0.2) is 0 Å². The molecule has 2 nitrogen and oxygen atoms in total. The van der Waals surface area contributed by atoms with Crippen LogP contribution in [0.4, 0.5) is 4.39 Å². The maximum Gasteiger partial charge on any atom is 0.124 e. The lowest BCUT2D eigenvalue weighted by atomic mass is 9.93. The highest BCUT2D eigenvalue weighted by molar-refractivity contribution is 6.31. The van der Waals surface area contributed by atoms with Crippen molar-refractivity contribution >= 4 is 11.6 Å². The van der Waals surface area contributed by atoms with Crippen LogP contribution in [0.15, 0.2) is 18.2 Å². The fourth-order valence-corrected chi connectivity index (χ4v) is 1.92. The molecule has 0 aromatic heterocycles. The minimum atomic E-state index is -0.445. The van der Waals surface area contributed by atoms with Gasteiger partial charge in [-0.05, 0) is 37.6 Å². The maximum absolute atomic E-state index is 12.8. The van der Waals surface area contributed by atoms with Gasteiger partial charge in [0.05, 0.1) is 6.10 Å². The molecule has 0 saturated carbocycles. The molecule has 2 unspecified atom stereocenters. The minimum absolute atomic E-state index is 0.0295. The molecule has 0 heterocycles. The first-order chi connectivity index (χ1) is 7.04. The molecule has 0 aliphatic carbocycles. The Labute approximate surface area is 93.9 Å². The summed E-state index contributed by atoms with van der Waals surface area (Å²) in [5.74, 6) is -0.394. The smallest absolute Gasteiger partial charge is 0.124 e. The minimum Gasteiger partial charge on any atom is -0.393 e. The summed E-state index contributed by atoms with van der Waals surface area (Å²) in [6.45, 7) is 2.08. The van der Waals surface area contributed by atoms with E-state index in [2.05, 4.69) is 0 Å². The third kappa shape index (κ3) is 3.45. The van der Waals surface area contributed by atoms with Crippen molar-refractivity contribution in [1.29, 1.82) is 0 Å². The first kappa shape index (κ1) is 12.4. The van der Waals surface area contributed by atoms with E-state index in [1.807, 2.05) is 0 Å². The lowest BCUT2D eigenvalue weighted by Crippen LogP contribution is -2.17. The SMILES string of the molecule is CC(O)CC(CN)c1ccc(F)cc1Cl. The number of hydrogen-bond acceptors (Lipinski definition) is 2. The van der Waals surface area contributed by atoms with Crippen molar-refractivity contribution in [3.05, 3.63) is 34.6 Å². The predicted octanol–water partition coefficient (Wildman–Crippen LogP) is 2.29. The van der Waals surface area contributed by atoms with Crippen molar-refractivity contribution in [1.82, 2.24) is 0 Å². The molecule has 15 heavy (non-hydrogen) atoms. The molecule has 0 fully saturated rings. The first-order valence-electron chi connectivity index (χ1n) is 4.87. The van der Waals surface area contributed by atoms with Crippen molar-refractivity contribution in [3.8, 4) is 0 Å². The van der Waals surface area contributed by atoms with Gasteiger partial charge >= 0.3 is 0 Å². The van der Waals surface area contributed by atoms with E-state index >= 15 is 0 Å². The molecule has 4 heteroatoms. The van der Waals surface area contributed by atoms with Gasteiger partial charge in [0.1, 0.15) is 5.82 Å². The van der Waals surface area contributed by atoms with Crippen LogP contribution < -0.4 is 5.73 Å². The van der Waals surface area contributed by atoms with Gasteiger partial charge in [-0.1, -0.05) is 17.7 Å². The van der Waals surface area contributed by atoms with E-state index in [0.29, 0.717) is 18.0 Å². The predicted molar refractivity (Wildman–Crippen MR) is 59.5 cm³/mol. The number of hydrogen-bond donors (Lipinski definition) is 2. The Bertz CT molecular complexity index is 330. The van der Waals surface area contributed by atoms with E-state index < -0.39 is 6.10 Å². The van der Waals surface area contributed by atoms with Crippen molar-refractivity contribution in [3.63, 3.8) is 0 Å². The molecule has 0 aliphatic rings. The quantitative estimate of drug-likeness (QED) is 0.835. The molecule has 1 rings (SSSR count). The van der Waals surface area contributed by atoms with Gasteiger partial charge in [0, 0.05) is 10.9 Å². The number of halogens is 2. The van der Waals surface area contributed by atoms with Gasteiger partial charge in [0.2, 0.25) is 0 Å². The average Bonchev–Trinajstić information content (AvgIpc) is 2.14. The van der Waals surface area contributed by atoms with E-state index in [0.717, 1.165) is 5.56 Å². The number of nitrogens with two attached hydrogens (primary N) is 1. The molecule has 1 aromatic rings. The Hall–Kier alpha value is -0.640. The van der Waals surface area contributed by atoms with Crippen molar-refractivity contribution in [2.75, 3.05) is 6.54 Å². The van der Waals surface area contributed by atoms with Crippen LogP contribution in [0.2, 0.25) is 5.02 Å². The largest absolute Gasteiger partial charge is 0.393 e. The fraction of sp³-hybridized carbons (Fsp3) is 0.455. The topological polar surface area (TPSA) is 46.2 Å². The second-order valence-electron chi connectivity index (χ2n) is 3.68. The van der Waals surface area contributed by atoms with Gasteiger partial charge in [-0.3, -0.25) is 0 Å². The van der Waals surface area contributed by atoms with E-state index in [-0.39, 0.29) is 11.7 Å². The third-order valence-corrected chi connectivity index (χ3v) is 2.64. The van der Waals surface area contributed by atoms with Crippen LogP contribution in [0.25, 0.3) is 0 Å². The number of benzene rings is 1. The molecule has 3 N–H and O–H groups in total. The van der Waals surface area contributed by atoms with Gasteiger partial charge in [-0.15, -0.1) is 0 Å². The normalized spacial score (nSPS) is 15.0. The van der Waals surface area contributed by atoms with Crippen molar-refractivity contribution in [2.45, 2.75) is 25.4 Å². The fourth-order valence-electron chi connectivity index (χ4n) is 1.59. The van der Waals surface area contributed by atoms with Crippen molar-refractivity contribution < 1.29 is 9.50 Å². The molecule has 1 aromatic carbocycles. The summed E-state index contributed by atoms with van der Waals surface area (Å²) < 4.78 is 12.8. The molecule has 0 amide bonds.